The van der Waals surface area contributed by atoms with Gasteiger partial charge >= 0.3 is 6.18 Å². The maximum absolute atomic E-state index is 13.1. The van der Waals surface area contributed by atoms with Crippen molar-refractivity contribution >= 4 is 23.2 Å². The average Bonchev–Trinajstić information content (AvgIpc) is 3.19. The minimum atomic E-state index is -4.60. The van der Waals surface area contributed by atoms with E-state index in [-0.39, 0.29) is 35.4 Å². The number of nitrogens with zero attached hydrogens (tertiary/aromatic N) is 8. The number of halogens is 3. The standard InChI is InChI=1S/C15H16F3N9OS/c1-8-19-12(23-26(8)2)7-28-6-10-9(4-5-11(20-10)15(16,17)18)13(29)21-14-22-24-25-27(14)3/h4-5H,6-7H2,1-3H3,(H,21,22,25,29). The molecule has 10 nitrogen and oxygen atoms in total. The van der Waals surface area contributed by atoms with Crippen LogP contribution in [-0.2, 0) is 38.2 Å². The van der Waals surface area contributed by atoms with E-state index in [1.807, 2.05) is 0 Å². The van der Waals surface area contributed by atoms with Gasteiger partial charge in [0.2, 0.25) is 5.95 Å². The first-order valence-corrected chi connectivity index (χ1v) is 8.61. The lowest BCUT2D eigenvalue weighted by molar-refractivity contribution is -0.141. The summed E-state index contributed by atoms with van der Waals surface area (Å²) in [5.41, 5.74) is -0.768. The molecule has 0 unspecified atom stereocenters. The monoisotopic (exact) mass is 427 g/mol. The lowest BCUT2D eigenvalue weighted by atomic mass is 10.1. The zero-order valence-electron chi connectivity index (χ0n) is 15.6. The first-order chi connectivity index (χ1) is 13.6. The van der Waals surface area contributed by atoms with Gasteiger partial charge in [-0.15, -0.1) is 0 Å². The molecular formula is C15H16F3N9OS. The molecule has 0 aromatic carbocycles. The van der Waals surface area contributed by atoms with E-state index in [2.05, 4.69) is 35.9 Å². The van der Waals surface area contributed by atoms with Crippen LogP contribution in [0.4, 0.5) is 19.1 Å². The van der Waals surface area contributed by atoms with Crippen molar-refractivity contribution in [1.82, 2.24) is 40.0 Å². The lowest BCUT2D eigenvalue weighted by Gasteiger charge is -2.14. The van der Waals surface area contributed by atoms with Crippen LogP contribution in [-0.4, -0.2) is 44.9 Å². The highest BCUT2D eigenvalue weighted by Gasteiger charge is 2.33. The third-order valence-electron chi connectivity index (χ3n) is 3.85. The first-order valence-electron chi connectivity index (χ1n) is 8.20. The summed E-state index contributed by atoms with van der Waals surface area (Å²) in [6.07, 6.45) is -4.60. The Labute approximate surface area is 168 Å². The maximum atomic E-state index is 13.1. The number of nitrogens with one attached hydrogen (secondary N) is 1. The molecule has 0 spiro atoms. The van der Waals surface area contributed by atoms with Crippen LogP contribution in [0.25, 0.3) is 0 Å². The fourth-order valence-corrected chi connectivity index (χ4v) is 2.58. The number of pyridine rings is 1. The summed E-state index contributed by atoms with van der Waals surface area (Å²) < 4.78 is 47.7. The first kappa shape index (κ1) is 20.7. The number of anilines is 1. The third-order valence-corrected chi connectivity index (χ3v) is 4.17. The Hall–Kier alpha value is -3.00. The van der Waals surface area contributed by atoms with Gasteiger partial charge in [0.05, 0.1) is 12.3 Å². The van der Waals surface area contributed by atoms with Crippen molar-refractivity contribution in [3.05, 3.63) is 40.7 Å². The molecule has 0 atom stereocenters. The Morgan fingerprint density at radius 2 is 1.93 bits per heavy atom. The second-order valence-corrected chi connectivity index (χ2v) is 6.37. The van der Waals surface area contributed by atoms with Crippen molar-refractivity contribution in [2.45, 2.75) is 26.3 Å². The average molecular weight is 427 g/mol. The molecule has 0 fully saturated rings. The summed E-state index contributed by atoms with van der Waals surface area (Å²) in [5.74, 6) is 1.32. The minimum Gasteiger partial charge on any atom is -0.367 e. The molecule has 0 bridgehead atoms. The van der Waals surface area contributed by atoms with Gasteiger partial charge in [0.25, 0.3) is 0 Å². The molecule has 29 heavy (non-hydrogen) atoms. The number of rotatable bonds is 6. The number of ether oxygens (including phenoxy) is 1. The van der Waals surface area contributed by atoms with Crippen LogP contribution < -0.4 is 5.32 Å². The molecule has 0 amide bonds. The molecule has 0 aliphatic carbocycles. The molecule has 154 valence electrons. The molecular weight excluding hydrogens is 411 g/mol. The van der Waals surface area contributed by atoms with E-state index in [4.69, 9.17) is 17.0 Å². The van der Waals surface area contributed by atoms with Crippen LogP contribution in [0.3, 0.4) is 0 Å². The van der Waals surface area contributed by atoms with Crippen molar-refractivity contribution in [2.24, 2.45) is 14.1 Å². The molecule has 0 saturated heterocycles. The number of aromatic nitrogens is 8. The zero-order valence-corrected chi connectivity index (χ0v) is 16.4. The largest absolute Gasteiger partial charge is 0.433 e. The predicted molar refractivity (Wildman–Crippen MR) is 97.6 cm³/mol. The van der Waals surface area contributed by atoms with E-state index in [1.165, 1.54) is 10.7 Å². The molecule has 3 heterocycles. The molecule has 0 aliphatic rings. The summed E-state index contributed by atoms with van der Waals surface area (Å²) >= 11 is 5.29. The van der Waals surface area contributed by atoms with Gasteiger partial charge in [0, 0.05) is 19.7 Å². The van der Waals surface area contributed by atoms with Gasteiger partial charge in [-0.1, -0.05) is 17.3 Å². The molecule has 0 aliphatic heterocycles. The minimum absolute atomic E-state index is 0.00639. The third kappa shape index (κ3) is 4.89. The van der Waals surface area contributed by atoms with Gasteiger partial charge in [-0.25, -0.2) is 14.6 Å². The van der Waals surface area contributed by atoms with Crippen LogP contribution in [0, 0.1) is 6.92 Å². The number of alkyl halides is 3. The van der Waals surface area contributed by atoms with Crippen LogP contribution in [0.15, 0.2) is 12.1 Å². The highest BCUT2D eigenvalue weighted by molar-refractivity contribution is 7.81. The van der Waals surface area contributed by atoms with E-state index in [0.717, 1.165) is 6.07 Å². The fraction of sp³-hybridized carbons (Fsp3) is 0.400. The summed E-state index contributed by atoms with van der Waals surface area (Å²) in [4.78, 5) is 7.97. The number of hydrogen-bond donors (Lipinski definition) is 1. The molecule has 1 N–H and O–H groups in total. The maximum Gasteiger partial charge on any atom is 0.433 e. The van der Waals surface area contributed by atoms with Gasteiger partial charge in [0.15, 0.2) is 5.82 Å². The molecule has 14 heteroatoms. The number of hydrogen-bond acceptors (Lipinski definition) is 8. The van der Waals surface area contributed by atoms with E-state index in [9.17, 15) is 13.2 Å². The Balaban J connectivity index is 1.81. The summed E-state index contributed by atoms with van der Waals surface area (Å²) in [5, 5.41) is 17.8. The van der Waals surface area contributed by atoms with Crippen LogP contribution >= 0.6 is 12.2 Å². The highest BCUT2D eigenvalue weighted by Crippen LogP contribution is 2.28. The number of thiocarbonyl (C=S) groups is 1. The van der Waals surface area contributed by atoms with E-state index in [0.29, 0.717) is 11.6 Å². The summed E-state index contributed by atoms with van der Waals surface area (Å²) in [6.45, 7) is 1.55. The summed E-state index contributed by atoms with van der Waals surface area (Å²) in [6, 6.07) is 2.09. The van der Waals surface area contributed by atoms with Gasteiger partial charge in [-0.3, -0.25) is 4.68 Å². The predicted octanol–water partition coefficient (Wildman–Crippen LogP) is 1.57. The van der Waals surface area contributed by atoms with Gasteiger partial charge in [-0.2, -0.15) is 18.3 Å². The quantitative estimate of drug-likeness (QED) is 0.586. The fourth-order valence-electron chi connectivity index (χ4n) is 2.31. The summed E-state index contributed by atoms with van der Waals surface area (Å²) in [7, 11) is 3.31. The van der Waals surface area contributed by atoms with Crippen molar-refractivity contribution < 1.29 is 17.9 Å². The molecule has 0 saturated carbocycles. The normalized spacial score (nSPS) is 11.7. The number of tetrazole rings is 1. The smallest absolute Gasteiger partial charge is 0.367 e. The van der Waals surface area contributed by atoms with Crippen LogP contribution in [0.2, 0.25) is 0 Å². The van der Waals surface area contributed by atoms with E-state index in [1.54, 1.807) is 25.7 Å². The highest BCUT2D eigenvalue weighted by atomic mass is 32.1. The van der Waals surface area contributed by atoms with Crippen molar-refractivity contribution in [2.75, 3.05) is 5.32 Å². The Morgan fingerprint density at radius 1 is 1.17 bits per heavy atom. The van der Waals surface area contributed by atoms with Gasteiger partial charge < -0.3 is 10.1 Å². The van der Waals surface area contributed by atoms with E-state index >= 15 is 0 Å². The Morgan fingerprint density at radius 3 is 2.52 bits per heavy atom. The Kier molecular flexibility index (Phi) is 5.83. The van der Waals surface area contributed by atoms with Crippen molar-refractivity contribution in [1.29, 1.82) is 0 Å². The molecule has 3 aromatic rings. The molecule has 0 radical (unpaired) electrons. The van der Waals surface area contributed by atoms with Gasteiger partial charge in [-0.05, 0) is 29.5 Å². The number of aryl methyl sites for hydroxylation is 3. The van der Waals surface area contributed by atoms with E-state index < -0.39 is 11.9 Å². The SMILES string of the molecule is Cc1nc(COCc2nc(C(F)(F)F)ccc2C(=S)Nc2nnnn2C)nn1C. The zero-order chi connectivity index (χ0) is 21.2. The Bertz CT molecular complexity index is 1010. The second kappa shape index (κ2) is 8.16. The van der Waals surface area contributed by atoms with Crippen molar-refractivity contribution in [3.63, 3.8) is 0 Å². The lowest BCUT2D eigenvalue weighted by Crippen LogP contribution is -2.19. The topological polar surface area (TPSA) is 108 Å². The van der Waals surface area contributed by atoms with Crippen LogP contribution in [0.5, 0.6) is 0 Å². The molecule has 3 rings (SSSR count). The van der Waals surface area contributed by atoms with Crippen LogP contribution in [0.1, 0.15) is 28.6 Å². The molecule has 3 aromatic heterocycles. The van der Waals surface area contributed by atoms with Crippen molar-refractivity contribution in [3.8, 4) is 0 Å². The second-order valence-electron chi connectivity index (χ2n) is 5.96. The van der Waals surface area contributed by atoms with Gasteiger partial charge in [0.1, 0.15) is 23.1 Å².